The zero-order valence-electron chi connectivity index (χ0n) is 10.2. The van der Waals surface area contributed by atoms with Crippen LogP contribution in [-0.4, -0.2) is 24.0 Å². The number of nitrogens with one attached hydrogen (secondary N) is 1. The Balaban J connectivity index is 2.61. The first-order valence-electron chi connectivity index (χ1n) is 5.72. The average Bonchev–Trinajstić information content (AvgIpc) is 2.35. The molecule has 2 atom stereocenters. The fraction of sp³-hybridized carbons (Fsp3) is 0.538. The van der Waals surface area contributed by atoms with Gasteiger partial charge in [-0.05, 0) is 37.3 Å². The molecule has 0 saturated heterocycles. The van der Waals surface area contributed by atoms with Gasteiger partial charge in [-0.3, -0.25) is 0 Å². The monoisotopic (exact) mass is 239 g/mol. The minimum Gasteiger partial charge on any atom is -0.395 e. The maximum absolute atomic E-state index is 9.14. The lowest BCUT2D eigenvalue weighted by Crippen LogP contribution is -2.33. The van der Waals surface area contributed by atoms with Crippen LogP contribution < -0.4 is 5.32 Å². The molecule has 0 bridgehead atoms. The highest BCUT2D eigenvalue weighted by Crippen LogP contribution is 2.19. The van der Waals surface area contributed by atoms with Crippen LogP contribution >= 0.6 is 11.8 Å². The van der Waals surface area contributed by atoms with Crippen LogP contribution in [0.25, 0.3) is 0 Å². The van der Waals surface area contributed by atoms with Crippen molar-refractivity contribution in [3.63, 3.8) is 0 Å². The van der Waals surface area contributed by atoms with E-state index >= 15 is 0 Å². The summed E-state index contributed by atoms with van der Waals surface area (Å²) < 4.78 is 0. The van der Waals surface area contributed by atoms with Crippen LogP contribution in [0.4, 0.5) is 0 Å². The lowest BCUT2D eigenvalue weighted by atomic mass is 10.1. The standard InChI is InChI=1S/C13H21NOS/c1-4-12(9-15)14-10(2)11-5-7-13(16-3)8-6-11/h5-8,10,12,14-15H,4,9H2,1-3H3. The highest BCUT2D eigenvalue weighted by molar-refractivity contribution is 7.98. The SMILES string of the molecule is CCC(CO)NC(C)c1ccc(SC)cc1. The molecule has 2 N–H and O–H groups in total. The second kappa shape index (κ2) is 6.94. The third-order valence-corrected chi connectivity index (χ3v) is 3.56. The summed E-state index contributed by atoms with van der Waals surface area (Å²) in [5.74, 6) is 0. The molecule has 0 aliphatic carbocycles. The smallest absolute Gasteiger partial charge is 0.0584 e. The van der Waals surface area contributed by atoms with Gasteiger partial charge in [-0.25, -0.2) is 0 Å². The number of rotatable bonds is 6. The van der Waals surface area contributed by atoms with Gasteiger partial charge in [0.15, 0.2) is 0 Å². The molecule has 0 heterocycles. The van der Waals surface area contributed by atoms with E-state index in [2.05, 4.69) is 49.7 Å². The molecule has 90 valence electrons. The molecule has 0 spiro atoms. The number of hydrogen-bond acceptors (Lipinski definition) is 3. The van der Waals surface area contributed by atoms with Crippen molar-refractivity contribution < 1.29 is 5.11 Å². The first-order chi connectivity index (χ1) is 7.71. The van der Waals surface area contributed by atoms with E-state index in [-0.39, 0.29) is 18.7 Å². The topological polar surface area (TPSA) is 32.3 Å². The summed E-state index contributed by atoms with van der Waals surface area (Å²) in [6.45, 7) is 4.41. The van der Waals surface area contributed by atoms with E-state index in [0.29, 0.717) is 0 Å². The third kappa shape index (κ3) is 3.81. The molecule has 1 aromatic rings. The summed E-state index contributed by atoms with van der Waals surface area (Å²) in [5.41, 5.74) is 1.27. The van der Waals surface area contributed by atoms with Gasteiger partial charge in [-0.2, -0.15) is 0 Å². The first kappa shape index (κ1) is 13.6. The number of benzene rings is 1. The molecule has 0 fully saturated rings. The lowest BCUT2D eigenvalue weighted by Gasteiger charge is -2.20. The van der Waals surface area contributed by atoms with Gasteiger partial charge in [0.25, 0.3) is 0 Å². The third-order valence-electron chi connectivity index (χ3n) is 2.81. The Morgan fingerprint density at radius 1 is 1.31 bits per heavy atom. The summed E-state index contributed by atoms with van der Waals surface area (Å²) >= 11 is 1.75. The summed E-state index contributed by atoms with van der Waals surface area (Å²) in [6, 6.07) is 9.04. The van der Waals surface area contributed by atoms with Crippen molar-refractivity contribution in [2.45, 2.75) is 37.2 Å². The van der Waals surface area contributed by atoms with Crippen molar-refractivity contribution in [2.75, 3.05) is 12.9 Å². The summed E-state index contributed by atoms with van der Waals surface area (Å²) in [5, 5.41) is 12.6. The van der Waals surface area contributed by atoms with Gasteiger partial charge < -0.3 is 10.4 Å². The molecule has 16 heavy (non-hydrogen) atoms. The van der Waals surface area contributed by atoms with Crippen molar-refractivity contribution in [3.05, 3.63) is 29.8 Å². The van der Waals surface area contributed by atoms with Gasteiger partial charge in [-0.1, -0.05) is 19.1 Å². The van der Waals surface area contributed by atoms with E-state index in [4.69, 9.17) is 5.11 Å². The highest BCUT2D eigenvalue weighted by Gasteiger charge is 2.10. The van der Waals surface area contributed by atoms with E-state index < -0.39 is 0 Å². The average molecular weight is 239 g/mol. The summed E-state index contributed by atoms with van der Waals surface area (Å²) in [6.07, 6.45) is 3.03. The van der Waals surface area contributed by atoms with Crippen LogP contribution in [-0.2, 0) is 0 Å². The maximum atomic E-state index is 9.14. The molecule has 2 unspecified atom stereocenters. The Hall–Kier alpha value is -0.510. The van der Waals surface area contributed by atoms with Gasteiger partial charge in [0.1, 0.15) is 0 Å². The summed E-state index contributed by atoms with van der Waals surface area (Å²) in [7, 11) is 0. The van der Waals surface area contributed by atoms with Crippen LogP contribution in [0.1, 0.15) is 31.9 Å². The van der Waals surface area contributed by atoms with E-state index in [1.165, 1.54) is 10.5 Å². The van der Waals surface area contributed by atoms with Gasteiger partial charge in [0.05, 0.1) is 6.61 Å². The van der Waals surface area contributed by atoms with Crippen molar-refractivity contribution in [1.82, 2.24) is 5.32 Å². The normalized spacial score (nSPS) is 14.8. The molecule has 2 nitrogen and oxygen atoms in total. The van der Waals surface area contributed by atoms with Crippen LogP contribution in [0.2, 0.25) is 0 Å². The largest absolute Gasteiger partial charge is 0.395 e. The Kier molecular flexibility index (Phi) is 5.88. The second-order valence-corrected chi connectivity index (χ2v) is 4.83. The quantitative estimate of drug-likeness (QED) is 0.749. The van der Waals surface area contributed by atoms with Gasteiger partial charge in [-0.15, -0.1) is 11.8 Å². The predicted octanol–water partition coefficient (Wildman–Crippen LogP) is 2.83. The zero-order valence-corrected chi connectivity index (χ0v) is 11.1. The fourth-order valence-corrected chi connectivity index (χ4v) is 2.05. The Morgan fingerprint density at radius 2 is 1.94 bits per heavy atom. The number of hydrogen-bond donors (Lipinski definition) is 2. The lowest BCUT2D eigenvalue weighted by molar-refractivity contribution is 0.230. The van der Waals surface area contributed by atoms with Gasteiger partial charge in [0, 0.05) is 17.0 Å². The number of thioether (sulfide) groups is 1. The molecule has 1 aromatic carbocycles. The van der Waals surface area contributed by atoms with E-state index in [1.54, 1.807) is 11.8 Å². The van der Waals surface area contributed by atoms with Gasteiger partial charge >= 0.3 is 0 Å². The molecule has 0 amide bonds. The van der Waals surface area contributed by atoms with Crippen LogP contribution in [0.3, 0.4) is 0 Å². The highest BCUT2D eigenvalue weighted by atomic mass is 32.2. The van der Waals surface area contributed by atoms with E-state index in [0.717, 1.165) is 6.42 Å². The molecule has 3 heteroatoms. The van der Waals surface area contributed by atoms with Gasteiger partial charge in [0.2, 0.25) is 0 Å². The Labute approximate surface area is 102 Å². The molecule has 0 aliphatic heterocycles. The minimum atomic E-state index is 0.190. The Morgan fingerprint density at radius 3 is 2.38 bits per heavy atom. The van der Waals surface area contributed by atoms with Crippen LogP contribution in [0.5, 0.6) is 0 Å². The predicted molar refractivity (Wildman–Crippen MR) is 70.9 cm³/mol. The second-order valence-electron chi connectivity index (χ2n) is 3.95. The van der Waals surface area contributed by atoms with Crippen molar-refractivity contribution >= 4 is 11.8 Å². The van der Waals surface area contributed by atoms with Crippen LogP contribution in [0, 0.1) is 0 Å². The molecule has 0 aliphatic rings. The minimum absolute atomic E-state index is 0.190. The first-order valence-corrected chi connectivity index (χ1v) is 6.94. The summed E-state index contributed by atoms with van der Waals surface area (Å²) in [4.78, 5) is 1.28. The van der Waals surface area contributed by atoms with Crippen molar-refractivity contribution in [1.29, 1.82) is 0 Å². The molecule has 0 aromatic heterocycles. The molecule has 0 saturated carbocycles. The molecule has 0 radical (unpaired) electrons. The molecular weight excluding hydrogens is 218 g/mol. The van der Waals surface area contributed by atoms with E-state index in [1.807, 2.05) is 0 Å². The molecular formula is C13H21NOS. The van der Waals surface area contributed by atoms with Crippen molar-refractivity contribution in [2.24, 2.45) is 0 Å². The number of aliphatic hydroxyl groups excluding tert-OH is 1. The fourth-order valence-electron chi connectivity index (χ4n) is 1.64. The van der Waals surface area contributed by atoms with Crippen molar-refractivity contribution in [3.8, 4) is 0 Å². The zero-order chi connectivity index (χ0) is 12.0. The van der Waals surface area contributed by atoms with E-state index in [9.17, 15) is 0 Å². The Bertz CT molecular complexity index is 295. The number of aliphatic hydroxyl groups is 1. The van der Waals surface area contributed by atoms with Crippen LogP contribution in [0.15, 0.2) is 29.2 Å². The molecule has 1 rings (SSSR count). The maximum Gasteiger partial charge on any atom is 0.0584 e.